The van der Waals surface area contributed by atoms with Crippen LogP contribution in [0.1, 0.15) is 36.2 Å². The maximum atomic E-state index is 12.0. The van der Waals surface area contributed by atoms with E-state index in [2.05, 4.69) is 9.97 Å². The van der Waals surface area contributed by atoms with Crippen molar-refractivity contribution < 1.29 is 19.1 Å². The Morgan fingerprint density at radius 2 is 2.26 bits per heavy atom. The number of amides is 1. The third-order valence-corrected chi connectivity index (χ3v) is 3.29. The van der Waals surface area contributed by atoms with E-state index in [9.17, 15) is 14.4 Å². The highest BCUT2D eigenvalue weighted by atomic mass is 16.5. The van der Waals surface area contributed by atoms with Crippen LogP contribution in [0.4, 0.5) is 0 Å². The first-order valence-electron chi connectivity index (χ1n) is 6.12. The summed E-state index contributed by atoms with van der Waals surface area (Å²) in [5, 5.41) is 0. The molecule has 1 aliphatic carbocycles. The first-order chi connectivity index (χ1) is 9.11. The summed E-state index contributed by atoms with van der Waals surface area (Å²) in [6.07, 6.45) is 4.90. The Labute approximate surface area is 109 Å². The van der Waals surface area contributed by atoms with E-state index in [-0.39, 0.29) is 23.4 Å². The van der Waals surface area contributed by atoms with E-state index >= 15 is 0 Å². The van der Waals surface area contributed by atoms with Crippen LogP contribution >= 0.6 is 0 Å². The van der Waals surface area contributed by atoms with Gasteiger partial charge in [-0.25, -0.2) is 4.98 Å². The van der Waals surface area contributed by atoms with E-state index in [0.717, 1.165) is 19.1 Å². The van der Waals surface area contributed by atoms with Crippen molar-refractivity contribution in [2.45, 2.75) is 25.7 Å². The summed E-state index contributed by atoms with van der Waals surface area (Å²) in [5.74, 6) is -1.75. The van der Waals surface area contributed by atoms with Crippen molar-refractivity contribution in [1.82, 2.24) is 9.97 Å². The summed E-state index contributed by atoms with van der Waals surface area (Å²) in [7, 11) is 0. The quantitative estimate of drug-likeness (QED) is 0.604. The summed E-state index contributed by atoms with van der Waals surface area (Å²) < 4.78 is 5.08. The molecule has 102 valence electrons. The average Bonchev–Trinajstić information content (AvgIpc) is 2.87. The maximum absolute atomic E-state index is 12.0. The molecule has 1 aliphatic rings. The number of aldehydes is 1. The van der Waals surface area contributed by atoms with Gasteiger partial charge in [-0.2, -0.15) is 0 Å². The lowest BCUT2D eigenvalue weighted by Crippen LogP contribution is -2.28. The predicted octanol–water partition coefficient (Wildman–Crippen LogP) is 0.419. The highest BCUT2D eigenvalue weighted by Gasteiger charge is 2.29. The molecule has 2 rings (SSSR count). The van der Waals surface area contributed by atoms with Crippen LogP contribution in [0, 0.1) is 11.8 Å². The fraction of sp³-hybridized carbons (Fsp3) is 0.500. The van der Waals surface area contributed by atoms with E-state index in [4.69, 9.17) is 10.5 Å². The van der Waals surface area contributed by atoms with E-state index in [1.54, 1.807) is 0 Å². The number of nitrogens with zero attached hydrogens (tertiary/aromatic N) is 1. The number of carbonyl (C=O) groups is 3. The summed E-state index contributed by atoms with van der Waals surface area (Å²) in [4.78, 5) is 40.0. The summed E-state index contributed by atoms with van der Waals surface area (Å²) in [6, 6.07) is 0. The molecule has 0 radical (unpaired) electrons. The van der Waals surface area contributed by atoms with Gasteiger partial charge in [-0.05, 0) is 19.3 Å². The van der Waals surface area contributed by atoms with Gasteiger partial charge in [0.15, 0.2) is 5.69 Å². The number of nitrogens with two attached hydrogens (primary N) is 1. The zero-order valence-electron chi connectivity index (χ0n) is 10.3. The fourth-order valence-corrected chi connectivity index (χ4v) is 2.28. The normalized spacial score (nSPS) is 22.7. The first-order valence-corrected chi connectivity index (χ1v) is 6.12. The lowest BCUT2D eigenvalue weighted by molar-refractivity contribution is -0.141. The van der Waals surface area contributed by atoms with Gasteiger partial charge in [-0.15, -0.1) is 0 Å². The molecule has 1 heterocycles. The minimum atomic E-state index is -0.741. The van der Waals surface area contributed by atoms with Crippen LogP contribution < -0.4 is 10.5 Å². The number of H-pyrrole nitrogens is 1. The van der Waals surface area contributed by atoms with Crippen LogP contribution in [0.5, 0.6) is 5.88 Å². The van der Waals surface area contributed by atoms with Crippen molar-refractivity contribution in [2.24, 2.45) is 17.6 Å². The Morgan fingerprint density at radius 3 is 2.95 bits per heavy atom. The molecule has 19 heavy (non-hydrogen) atoms. The van der Waals surface area contributed by atoms with Crippen LogP contribution in [0.3, 0.4) is 0 Å². The van der Waals surface area contributed by atoms with Gasteiger partial charge in [0.2, 0.25) is 0 Å². The number of rotatable bonds is 4. The van der Waals surface area contributed by atoms with E-state index < -0.39 is 11.9 Å². The largest absolute Gasteiger partial charge is 0.405 e. The van der Waals surface area contributed by atoms with Gasteiger partial charge in [0, 0.05) is 5.92 Å². The highest BCUT2D eigenvalue weighted by molar-refractivity contribution is 5.93. The van der Waals surface area contributed by atoms with Gasteiger partial charge >= 0.3 is 5.97 Å². The molecule has 1 saturated carbocycles. The number of aromatic amines is 1. The van der Waals surface area contributed by atoms with Crippen molar-refractivity contribution in [3.63, 3.8) is 0 Å². The molecule has 2 atom stereocenters. The van der Waals surface area contributed by atoms with Gasteiger partial charge in [0.25, 0.3) is 11.8 Å². The second kappa shape index (κ2) is 5.64. The zero-order chi connectivity index (χ0) is 13.8. The van der Waals surface area contributed by atoms with Crippen LogP contribution in [-0.2, 0) is 9.59 Å². The number of hydrogen-bond donors (Lipinski definition) is 2. The second-order valence-corrected chi connectivity index (χ2v) is 4.63. The number of hydrogen-bond acceptors (Lipinski definition) is 5. The lowest BCUT2D eigenvalue weighted by Gasteiger charge is -2.23. The molecule has 1 amide bonds. The van der Waals surface area contributed by atoms with Gasteiger partial charge in [0.1, 0.15) is 6.29 Å². The molecule has 1 aromatic rings. The Balaban J connectivity index is 2.02. The maximum Gasteiger partial charge on any atom is 0.315 e. The van der Waals surface area contributed by atoms with Crippen molar-refractivity contribution in [3.8, 4) is 5.88 Å². The highest BCUT2D eigenvalue weighted by Crippen LogP contribution is 2.29. The molecule has 0 bridgehead atoms. The zero-order valence-corrected chi connectivity index (χ0v) is 10.3. The molecule has 0 spiro atoms. The standard InChI is InChI=1S/C12H15N3O4/c13-10(17)9-11(15-6-14-9)19-12(18)8-3-1-2-7(4-8)5-16/h5-8H,1-4H2,(H2,13,17)(H,14,15). The fourth-order valence-electron chi connectivity index (χ4n) is 2.28. The van der Waals surface area contributed by atoms with Crippen LogP contribution in [0.15, 0.2) is 6.33 Å². The smallest absolute Gasteiger partial charge is 0.315 e. The van der Waals surface area contributed by atoms with Crippen molar-refractivity contribution in [2.75, 3.05) is 0 Å². The monoisotopic (exact) mass is 265 g/mol. The molecule has 0 saturated heterocycles. The average molecular weight is 265 g/mol. The molecular formula is C12H15N3O4. The minimum absolute atomic E-state index is 0.0314. The minimum Gasteiger partial charge on any atom is -0.405 e. The molecule has 2 unspecified atom stereocenters. The van der Waals surface area contributed by atoms with E-state index in [0.29, 0.717) is 12.8 Å². The third kappa shape index (κ3) is 2.98. The Bertz CT molecular complexity index is 497. The van der Waals surface area contributed by atoms with Gasteiger partial charge < -0.3 is 20.2 Å². The Kier molecular flexibility index (Phi) is 3.94. The van der Waals surface area contributed by atoms with Crippen LogP contribution in [0.2, 0.25) is 0 Å². The Hall–Kier alpha value is -2.18. The predicted molar refractivity (Wildman–Crippen MR) is 64.3 cm³/mol. The Morgan fingerprint density at radius 1 is 1.47 bits per heavy atom. The first kappa shape index (κ1) is 13.3. The molecule has 0 aliphatic heterocycles. The molecule has 1 fully saturated rings. The van der Waals surface area contributed by atoms with E-state index in [1.165, 1.54) is 6.33 Å². The molecule has 0 aromatic carbocycles. The van der Waals surface area contributed by atoms with Gasteiger partial charge in [-0.1, -0.05) is 6.42 Å². The number of ether oxygens (including phenoxy) is 1. The number of primary amides is 1. The molecule has 7 heteroatoms. The van der Waals surface area contributed by atoms with Gasteiger partial charge in [-0.3, -0.25) is 9.59 Å². The molecule has 3 N–H and O–H groups in total. The topological polar surface area (TPSA) is 115 Å². The summed E-state index contributed by atoms with van der Waals surface area (Å²) in [6.45, 7) is 0. The van der Waals surface area contributed by atoms with E-state index in [1.807, 2.05) is 0 Å². The molecule has 7 nitrogen and oxygen atoms in total. The lowest BCUT2D eigenvalue weighted by atomic mass is 9.82. The second-order valence-electron chi connectivity index (χ2n) is 4.63. The van der Waals surface area contributed by atoms with Gasteiger partial charge in [0.05, 0.1) is 12.2 Å². The number of carbonyl (C=O) groups excluding carboxylic acids is 3. The number of nitrogens with one attached hydrogen (secondary N) is 1. The number of esters is 1. The SMILES string of the molecule is NC(=O)c1[nH]cnc1OC(=O)C1CCCC(C=O)C1. The summed E-state index contributed by atoms with van der Waals surface area (Å²) in [5.41, 5.74) is 5.08. The van der Waals surface area contributed by atoms with Crippen LogP contribution in [0.25, 0.3) is 0 Å². The number of aromatic nitrogens is 2. The van der Waals surface area contributed by atoms with Crippen LogP contribution in [-0.4, -0.2) is 28.1 Å². The van der Waals surface area contributed by atoms with Crippen molar-refractivity contribution in [3.05, 3.63) is 12.0 Å². The van der Waals surface area contributed by atoms with Crippen molar-refractivity contribution in [1.29, 1.82) is 0 Å². The summed E-state index contributed by atoms with van der Waals surface area (Å²) >= 11 is 0. The molecule has 1 aromatic heterocycles. The third-order valence-electron chi connectivity index (χ3n) is 3.29. The molecular weight excluding hydrogens is 250 g/mol. The van der Waals surface area contributed by atoms with Crippen molar-refractivity contribution >= 4 is 18.2 Å². The number of imidazole rings is 1.